The smallest absolute Gasteiger partial charge is 0.338 e. The Bertz CT molecular complexity index is 1380. The second kappa shape index (κ2) is 8.87. The molecular formula is C26H24ClN3O3. The van der Waals surface area contributed by atoms with Crippen LogP contribution in [0.5, 0.6) is 0 Å². The molecule has 33 heavy (non-hydrogen) atoms. The molecule has 0 radical (unpaired) electrons. The van der Waals surface area contributed by atoms with Gasteiger partial charge in [0.05, 0.1) is 17.9 Å². The van der Waals surface area contributed by atoms with Gasteiger partial charge < -0.3 is 9.30 Å². The highest BCUT2D eigenvalue weighted by Crippen LogP contribution is 2.31. The van der Waals surface area contributed by atoms with E-state index in [-0.39, 0.29) is 11.5 Å². The fourth-order valence-corrected chi connectivity index (χ4v) is 4.14. The predicted molar refractivity (Wildman–Crippen MR) is 128 cm³/mol. The van der Waals surface area contributed by atoms with Crippen molar-refractivity contribution >= 4 is 23.3 Å². The SMILES string of the molecule is CCOC(=O)c1cccc(Cc2cn(CC3CC3)c3nc(-c4ccc(Cl)cc4)cn3c2=O)c1. The van der Waals surface area contributed by atoms with E-state index in [1.54, 1.807) is 29.7 Å². The first-order valence-corrected chi connectivity index (χ1v) is 11.5. The van der Waals surface area contributed by atoms with Gasteiger partial charge in [0.15, 0.2) is 0 Å². The van der Waals surface area contributed by atoms with Gasteiger partial charge in [-0.15, -0.1) is 0 Å². The lowest BCUT2D eigenvalue weighted by Crippen LogP contribution is -2.22. The summed E-state index contributed by atoms with van der Waals surface area (Å²) in [6.07, 6.45) is 6.52. The fraction of sp³-hybridized carbons (Fsp3) is 0.269. The van der Waals surface area contributed by atoms with E-state index in [2.05, 4.69) is 4.57 Å². The minimum atomic E-state index is -0.358. The lowest BCUT2D eigenvalue weighted by Gasteiger charge is -2.11. The summed E-state index contributed by atoms with van der Waals surface area (Å²) in [7, 11) is 0. The molecule has 0 spiro atoms. The molecule has 1 aliphatic rings. The highest BCUT2D eigenvalue weighted by molar-refractivity contribution is 6.30. The second-order valence-corrected chi connectivity index (χ2v) is 8.89. The molecule has 168 valence electrons. The van der Waals surface area contributed by atoms with Crippen LogP contribution in [0.15, 0.2) is 65.7 Å². The van der Waals surface area contributed by atoms with Crippen molar-refractivity contribution in [3.8, 4) is 11.3 Å². The molecule has 1 fully saturated rings. The van der Waals surface area contributed by atoms with E-state index in [1.165, 1.54) is 12.8 Å². The maximum atomic E-state index is 13.4. The lowest BCUT2D eigenvalue weighted by atomic mass is 10.0. The summed E-state index contributed by atoms with van der Waals surface area (Å²) in [5.41, 5.74) is 3.56. The van der Waals surface area contributed by atoms with E-state index in [4.69, 9.17) is 21.3 Å². The molecule has 7 heteroatoms. The van der Waals surface area contributed by atoms with Crippen molar-refractivity contribution in [1.82, 2.24) is 14.0 Å². The van der Waals surface area contributed by atoms with E-state index in [1.807, 2.05) is 42.6 Å². The van der Waals surface area contributed by atoms with Crippen molar-refractivity contribution in [3.63, 3.8) is 0 Å². The van der Waals surface area contributed by atoms with Crippen LogP contribution in [0.25, 0.3) is 17.0 Å². The van der Waals surface area contributed by atoms with Gasteiger partial charge in [-0.1, -0.05) is 35.9 Å². The zero-order valence-corrected chi connectivity index (χ0v) is 19.1. The van der Waals surface area contributed by atoms with Crippen LogP contribution >= 0.6 is 11.6 Å². The summed E-state index contributed by atoms with van der Waals surface area (Å²) in [6, 6.07) is 14.7. The highest BCUT2D eigenvalue weighted by Gasteiger charge is 2.24. The van der Waals surface area contributed by atoms with E-state index in [0.29, 0.717) is 40.9 Å². The molecule has 0 saturated heterocycles. The largest absolute Gasteiger partial charge is 0.462 e. The van der Waals surface area contributed by atoms with Crippen molar-refractivity contribution in [2.75, 3.05) is 6.61 Å². The normalized spacial score (nSPS) is 13.4. The van der Waals surface area contributed by atoms with Crippen molar-refractivity contribution in [2.45, 2.75) is 32.7 Å². The Labute approximate surface area is 196 Å². The van der Waals surface area contributed by atoms with Crippen LogP contribution in [0.3, 0.4) is 0 Å². The number of carbonyl (C=O) groups is 1. The number of rotatable bonds is 7. The summed E-state index contributed by atoms with van der Waals surface area (Å²) < 4.78 is 8.83. The number of benzene rings is 2. The molecule has 2 aromatic heterocycles. The van der Waals surface area contributed by atoms with Crippen molar-refractivity contribution in [1.29, 1.82) is 0 Å². The summed E-state index contributed by atoms with van der Waals surface area (Å²) in [5.74, 6) is 0.899. The zero-order chi connectivity index (χ0) is 22.9. The van der Waals surface area contributed by atoms with Crippen LogP contribution in [0.4, 0.5) is 0 Å². The minimum Gasteiger partial charge on any atom is -0.462 e. The van der Waals surface area contributed by atoms with Gasteiger partial charge >= 0.3 is 5.97 Å². The van der Waals surface area contributed by atoms with Gasteiger partial charge in [-0.25, -0.2) is 9.78 Å². The third-order valence-corrected chi connectivity index (χ3v) is 6.13. The molecule has 4 aromatic rings. The second-order valence-electron chi connectivity index (χ2n) is 8.46. The van der Waals surface area contributed by atoms with Crippen LogP contribution in [-0.2, 0) is 17.7 Å². The monoisotopic (exact) mass is 461 g/mol. The molecule has 5 rings (SSSR count). The fourth-order valence-electron chi connectivity index (χ4n) is 4.01. The molecule has 2 aromatic carbocycles. The molecule has 0 aliphatic heterocycles. The van der Waals surface area contributed by atoms with Gasteiger partial charge in [-0.05, 0) is 55.5 Å². The number of fused-ring (bicyclic) bond motifs is 1. The lowest BCUT2D eigenvalue weighted by molar-refractivity contribution is 0.0526. The van der Waals surface area contributed by atoms with Crippen molar-refractivity contribution in [3.05, 3.63) is 93.0 Å². The summed E-state index contributed by atoms with van der Waals surface area (Å²) in [6.45, 7) is 2.93. The van der Waals surface area contributed by atoms with E-state index in [9.17, 15) is 9.59 Å². The van der Waals surface area contributed by atoms with Gasteiger partial charge in [0.1, 0.15) is 0 Å². The van der Waals surface area contributed by atoms with Gasteiger partial charge in [-0.2, -0.15) is 0 Å². The number of hydrogen-bond donors (Lipinski definition) is 0. The van der Waals surface area contributed by atoms with E-state index >= 15 is 0 Å². The van der Waals surface area contributed by atoms with Crippen LogP contribution < -0.4 is 5.56 Å². The standard InChI is InChI=1S/C26H24ClN3O3/c1-2-33-25(32)20-5-3-4-18(12-20)13-21-15-29(14-17-6-7-17)26-28-23(16-30(26)24(21)31)19-8-10-22(27)11-9-19/h3-5,8-12,15-17H,2,6-7,13-14H2,1H3. The number of carbonyl (C=O) groups excluding carboxylic acids is 1. The van der Waals surface area contributed by atoms with E-state index < -0.39 is 0 Å². The zero-order valence-electron chi connectivity index (χ0n) is 18.3. The molecule has 0 bridgehead atoms. The number of esters is 1. The van der Waals surface area contributed by atoms with Crippen molar-refractivity contribution < 1.29 is 9.53 Å². The van der Waals surface area contributed by atoms with E-state index in [0.717, 1.165) is 23.4 Å². The average Bonchev–Trinajstić information content (AvgIpc) is 3.52. The van der Waals surface area contributed by atoms with Crippen LogP contribution in [0.2, 0.25) is 5.02 Å². The molecule has 1 aliphatic carbocycles. The summed E-state index contributed by atoms with van der Waals surface area (Å²) >= 11 is 6.03. The third-order valence-electron chi connectivity index (χ3n) is 5.87. The molecule has 2 heterocycles. The maximum absolute atomic E-state index is 13.4. The highest BCUT2D eigenvalue weighted by atomic mass is 35.5. The van der Waals surface area contributed by atoms with Gasteiger partial charge in [0.2, 0.25) is 5.78 Å². The Kier molecular flexibility index (Phi) is 5.77. The van der Waals surface area contributed by atoms with Crippen molar-refractivity contribution in [2.24, 2.45) is 5.92 Å². The van der Waals surface area contributed by atoms with Gasteiger partial charge in [0.25, 0.3) is 5.56 Å². The number of ether oxygens (including phenoxy) is 1. The number of imidazole rings is 1. The average molecular weight is 462 g/mol. The van der Waals surface area contributed by atoms with Crippen LogP contribution in [0.1, 0.15) is 41.3 Å². The Morgan fingerprint density at radius 2 is 1.94 bits per heavy atom. The number of nitrogens with zero attached hydrogens (tertiary/aromatic N) is 3. The molecule has 6 nitrogen and oxygen atoms in total. The molecule has 1 saturated carbocycles. The third kappa shape index (κ3) is 4.57. The molecular weight excluding hydrogens is 438 g/mol. The first kappa shape index (κ1) is 21.5. The summed E-state index contributed by atoms with van der Waals surface area (Å²) in [4.78, 5) is 30.3. The Hall–Kier alpha value is -3.38. The number of aromatic nitrogens is 3. The van der Waals surface area contributed by atoms with Crippen LogP contribution in [0, 0.1) is 5.92 Å². The van der Waals surface area contributed by atoms with Gasteiger partial charge in [0, 0.05) is 41.5 Å². The molecule has 0 atom stereocenters. The first-order chi connectivity index (χ1) is 16.0. The topological polar surface area (TPSA) is 65.6 Å². The number of hydrogen-bond acceptors (Lipinski definition) is 4. The number of halogens is 1. The molecule has 0 amide bonds. The Balaban J connectivity index is 1.56. The molecule has 0 unspecified atom stereocenters. The Morgan fingerprint density at radius 1 is 1.15 bits per heavy atom. The quantitative estimate of drug-likeness (QED) is 0.363. The van der Waals surface area contributed by atoms with Gasteiger partial charge in [-0.3, -0.25) is 9.20 Å². The summed E-state index contributed by atoms with van der Waals surface area (Å²) in [5, 5.41) is 0.656. The maximum Gasteiger partial charge on any atom is 0.338 e. The minimum absolute atomic E-state index is 0.105. The van der Waals surface area contributed by atoms with Crippen LogP contribution in [-0.4, -0.2) is 26.5 Å². The molecule has 0 N–H and O–H groups in total. The Morgan fingerprint density at radius 3 is 2.67 bits per heavy atom. The first-order valence-electron chi connectivity index (χ1n) is 11.1. The predicted octanol–water partition coefficient (Wildman–Crippen LogP) is 4.99.